The van der Waals surface area contributed by atoms with Crippen LogP contribution in [0.1, 0.15) is 10.4 Å². The van der Waals surface area contributed by atoms with Crippen molar-refractivity contribution in [2.75, 3.05) is 17.7 Å². The summed E-state index contributed by atoms with van der Waals surface area (Å²) in [5.41, 5.74) is 0.0621. The second kappa shape index (κ2) is 7.56. The Hall–Kier alpha value is -2.93. The fourth-order valence-corrected chi connectivity index (χ4v) is 1.95. The van der Waals surface area contributed by atoms with E-state index in [1.165, 1.54) is 43.5 Å². The number of para-hydroxylation sites is 1. The zero-order valence-corrected chi connectivity index (χ0v) is 13.2. The zero-order valence-electron chi connectivity index (χ0n) is 12.4. The van der Waals surface area contributed by atoms with Crippen molar-refractivity contribution >= 4 is 40.8 Å². The fourth-order valence-electron chi connectivity index (χ4n) is 1.79. The molecule has 2 N–H and O–H groups in total. The van der Waals surface area contributed by atoms with Crippen molar-refractivity contribution in [2.45, 2.75) is 0 Å². The van der Waals surface area contributed by atoms with Crippen molar-refractivity contribution in [3.05, 3.63) is 58.9 Å². The minimum Gasteiger partial charge on any atom is -0.465 e. The molecule has 0 aromatic heterocycles. The summed E-state index contributed by atoms with van der Waals surface area (Å²) in [5, 5.41) is 4.51. The van der Waals surface area contributed by atoms with Crippen LogP contribution in [0.25, 0.3) is 0 Å². The minimum atomic E-state index is -1.08. The Morgan fingerprint density at radius 1 is 1.00 bits per heavy atom. The van der Waals surface area contributed by atoms with Crippen molar-refractivity contribution in [1.82, 2.24) is 0 Å². The third-order valence-electron chi connectivity index (χ3n) is 2.96. The molecule has 0 radical (unpaired) electrons. The van der Waals surface area contributed by atoms with Gasteiger partial charge in [-0.3, -0.25) is 9.59 Å². The van der Waals surface area contributed by atoms with Crippen LogP contribution >= 0.6 is 11.6 Å². The van der Waals surface area contributed by atoms with Crippen molar-refractivity contribution in [2.24, 2.45) is 0 Å². The summed E-state index contributed by atoms with van der Waals surface area (Å²) in [5.74, 6) is -3.45. The number of benzene rings is 2. The number of esters is 1. The molecule has 0 heterocycles. The topological polar surface area (TPSA) is 84.5 Å². The maximum atomic E-state index is 13.5. The number of hydrogen-bond donors (Lipinski definition) is 2. The number of carbonyl (C=O) groups excluding carboxylic acids is 3. The van der Waals surface area contributed by atoms with Crippen LogP contribution in [0.3, 0.4) is 0 Å². The first kappa shape index (κ1) is 17.4. The second-order valence-electron chi connectivity index (χ2n) is 4.57. The molecule has 2 aromatic rings. The molecule has 0 aliphatic heterocycles. The molecule has 0 spiro atoms. The molecule has 0 saturated carbocycles. The summed E-state index contributed by atoms with van der Waals surface area (Å²) in [6.45, 7) is 0. The van der Waals surface area contributed by atoms with E-state index in [-0.39, 0.29) is 22.0 Å². The first-order valence-electron chi connectivity index (χ1n) is 6.67. The maximum Gasteiger partial charge on any atom is 0.337 e. The van der Waals surface area contributed by atoms with Gasteiger partial charge in [0, 0.05) is 0 Å². The highest BCUT2D eigenvalue weighted by Crippen LogP contribution is 2.23. The average molecular weight is 351 g/mol. The van der Waals surface area contributed by atoms with E-state index in [0.29, 0.717) is 0 Å². The normalized spacial score (nSPS) is 9.96. The highest BCUT2D eigenvalue weighted by molar-refractivity contribution is 6.44. The van der Waals surface area contributed by atoms with E-state index in [9.17, 15) is 18.8 Å². The quantitative estimate of drug-likeness (QED) is 0.658. The molecule has 0 saturated heterocycles. The van der Waals surface area contributed by atoms with E-state index in [1.807, 2.05) is 0 Å². The van der Waals surface area contributed by atoms with Crippen LogP contribution in [0.15, 0.2) is 42.5 Å². The predicted molar refractivity (Wildman–Crippen MR) is 86.5 cm³/mol. The summed E-state index contributed by atoms with van der Waals surface area (Å²) in [6, 6.07) is 9.45. The largest absolute Gasteiger partial charge is 0.465 e. The molecule has 0 unspecified atom stereocenters. The number of amides is 2. The van der Waals surface area contributed by atoms with Crippen LogP contribution in [0.4, 0.5) is 15.8 Å². The molecule has 8 heteroatoms. The first-order chi connectivity index (χ1) is 11.4. The lowest BCUT2D eigenvalue weighted by molar-refractivity contribution is -0.133. The van der Waals surface area contributed by atoms with Gasteiger partial charge in [0.05, 0.1) is 29.1 Å². The van der Waals surface area contributed by atoms with Gasteiger partial charge in [-0.2, -0.15) is 0 Å². The smallest absolute Gasteiger partial charge is 0.337 e. The van der Waals surface area contributed by atoms with E-state index in [2.05, 4.69) is 15.4 Å². The monoisotopic (exact) mass is 350 g/mol. The highest BCUT2D eigenvalue weighted by atomic mass is 35.5. The maximum absolute atomic E-state index is 13.5. The molecule has 2 amide bonds. The number of hydrogen-bond acceptors (Lipinski definition) is 4. The molecule has 6 nitrogen and oxygen atoms in total. The molecular weight excluding hydrogens is 339 g/mol. The van der Waals surface area contributed by atoms with Crippen LogP contribution in [0, 0.1) is 5.82 Å². The predicted octanol–water partition coefficient (Wildman–Crippen LogP) is 2.84. The molecule has 124 valence electrons. The zero-order chi connectivity index (χ0) is 17.7. The Labute approximate surface area is 141 Å². The number of anilines is 2. The lowest BCUT2D eigenvalue weighted by atomic mass is 10.2. The lowest BCUT2D eigenvalue weighted by Gasteiger charge is -2.09. The lowest BCUT2D eigenvalue weighted by Crippen LogP contribution is -2.29. The van der Waals surface area contributed by atoms with Gasteiger partial charge in [0.25, 0.3) is 0 Å². The molecule has 2 rings (SSSR count). The molecule has 0 fully saturated rings. The molecule has 0 aliphatic carbocycles. The fraction of sp³-hybridized carbons (Fsp3) is 0.0625. The van der Waals surface area contributed by atoms with Crippen LogP contribution in [0.2, 0.25) is 5.02 Å². The van der Waals surface area contributed by atoms with E-state index in [1.54, 1.807) is 0 Å². The number of methoxy groups -OCH3 is 1. The van der Waals surface area contributed by atoms with Crippen molar-refractivity contribution in [1.29, 1.82) is 0 Å². The van der Waals surface area contributed by atoms with Crippen LogP contribution in [-0.4, -0.2) is 24.9 Å². The van der Waals surface area contributed by atoms with Gasteiger partial charge < -0.3 is 15.4 Å². The molecule has 0 aliphatic rings. The van der Waals surface area contributed by atoms with Gasteiger partial charge in [-0.1, -0.05) is 23.7 Å². The van der Waals surface area contributed by atoms with E-state index >= 15 is 0 Å². The first-order valence-corrected chi connectivity index (χ1v) is 7.05. The SMILES string of the molecule is COC(=O)c1ccc(Cl)c(NC(=O)C(=O)Nc2ccccc2F)c1. The molecule has 2 aromatic carbocycles. The van der Waals surface area contributed by atoms with Crippen LogP contribution in [-0.2, 0) is 14.3 Å². The Bertz CT molecular complexity index is 810. The molecule has 0 atom stereocenters. The molecule has 0 bridgehead atoms. The van der Waals surface area contributed by atoms with Gasteiger partial charge in [0.1, 0.15) is 5.82 Å². The number of halogens is 2. The Morgan fingerprint density at radius 2 is 1.62 bits per heavy atom. The minimum absolute atomic E-state index is 0.0493. The molecule has 24 heavy (non-hydrogen) atoms. The molecular formula is C16H12ClFN2O4. The Morgan fingerprint density at radius 3 is 2.25 bits per heavy atom. The van der Waals surface area contributed by atoms with Gasteiger partial charge in [-0.05, 0) is 30.3 Å². The van der Waals surface area contributed by atoms with Crippen molar-refractivity contribution < 1.29 is 23.5 Å². The van der Waals surface area contributed by atoms with E-state index < -0.39 is 23.6 Å². The second-order valence-corrected chi connectivity index (χ2v) is 4.98. The third-order valence-corrected chi connectivity index (χ3v) is 3.29. The number of ether oxygens (including phenoxy) is 1. The number of nitrogens with one attached hydrogen (secondary N) is 2. The van der Waals surface area contributed by atoms with Crippen LogP contribution in [0.5, 0.6) is 0 Å². The van der Waals surface area contributed by atoms with Gasteiger partial charge in [0.2, 0.25) is 0 Å². The van der Waals surface area contributed by atoms with E-state index in [4.69, 9.17) is 11.6 Å². The van der Waals surface area contributed by atoms with Gasteiger partial charge in [-0.25, -0.2) is 9.18 Å². The van der Waals surface area contributed by atoms with E-state index in [0.717, 1.165) is 6.07 Å². The summed E-state index contributed by atoms with van der Waals surface area (Å²) >= 11 is 5.92. The Balaban J connectivity index is 2.13. The van der Waals surface area contributed by atoms with Gasteiger partial charge >= 0.3 is 17.8 Å². The summed E-state index contributed by atoms with van der Waals surface area (Å²) in [7, 11) is 1.21. The van der Waals surface area contributed by atoms with Crippen molar-refractivity contribution in [3.63, 3.8) is 0 Å². The Kier molecular flexibility index (Phi) is 5.49. The van der Waals surface area contributed by atoms with Gasteiger partial charge in [0.15, 0.2) is 0 Å². The van der Waals surface area contributed by atoms with Crippen molar-refractivity contribution in [3.8, 4) is 0 Å². The number of carbonyl (C=O) groups is 3. The van der Waals surface area contributed by atoms with Crippen LogP contribution < -0.4 is 10.6 Å². The summed E-state index contributed by atoms with van der Waals surface area (Å²) in [6.07, 6.45) is 0. The summed E-state index contributed by atoms with van der Waals surface area (Å²) in [4.78, 5) is 35.2. The average Bonchev–Trinajstić information content (AvgIpc) is 2.58. The number of rotatable bonds is 3. The van der Waals surface area contributed by atoms with Gasteiger partial charge in [-0.15, -0.1) is 0 Å². The summed E-state index contributed by atoms with van der Waals surface area (Å²) < 4.78 is 18.0. The third kappa shape index (κ3) is 4.08. The highest BCUT2D eigenvalue weighted by Gasteiger charge is 2.18. The standard InChI is InChI=1S/C16H12ClFN2O4/c1-24-16(23)9-6-7-10(17)13(8-9)20-15(22)14(21)19-12-5-3-2-4-11(12)18/h2-8H,1H3,(H,19,21)(H,20,22).